The fraction of sp³-hybridized carbons (Fsp3) is 0.316. The molecule has 0 radical (unpaired) electrons. The predicted molar refractivity (Wildman–Crippen MR) is 97.4 cm³/mol. The van der Waals surface area contributed by atoms with Crippen molar-refractivity contribution < 1.29 is 14.5 Å². The average Bonchev–Trinajstić information content (AvgIpc) is 3.24. The normalized spacial score (nSPS) is 16.9. The summed E-state index contributed by atoms with van der Waals surface area (Å²) < 4.78 is 5.53. The van der Waals surface area contributed by atoms with Crippen molar-refractivity contribution in [1.29, 1.82) is 0 Å². The summed E-state index contributed by atoms with van der Waals surface area (Å²) >= 11 is 5.97. The lowest BCUT2D eigenvalue weighted by Crippen LogP contribution is -2.87. The third-order valence-electron chi connectivity index (χ3n) is 4.06. The Morgan fingerprint density at radius 1 is 1.32 bits per heavy atom. The van der Waals surface area contributed by atoms with E-state index >= 15 is 0 Å². The van der Waals surface area contributed by atoms with Crippen LogP contribution in [0.2, 0.25) is 5.02 Å². The molecule has 6 heteroatoms. The molecule has 0 spiro atoms. The lowest BCUT2D eigenvalue weighted by Gasteiger charge is -2.23. The first kappa shape index (κ1) is 17.6. The molecule has 1 aliphatic heterocycles. The van der Waals surface area contributed by atoms with Crippen LogP contribution in [-0.4, -0.2) is 24.0 Å². The molecule has 5 nitrogen and oxygen atoms in total. The van der Waals surface area contributed by atoms with E-state index < -0.39 is 0 Å². The molecule has 0 saturated carbocycles. The molecule has 1 aliphatic rings. The molecule has 1 aromatic carbocycles. The number of hydrogen-bond acceptors (Lipinski definition) is 3. The SMILES string of the molecule is CC(C)C[NH2+]CC(=O)N1NC(c2ccc(Cl)cc2)=C[C@H]1c1ccco1. The molecule has 2 heterocycles. The highest BCUT2D eigenvalue weighted by Gasteiger charge is 2.33. The number of rotatable bonds is 6. The molecule has 1 aromatic heterocycles. The van der Waals surface area contributed by atoms with Gasteiger partial charge in [0.25, 0.3) is 5.91 Å². The first-order valence-electron chi connectivity index (χ1n) is 8.46. The molecular weight excluding hydrogens is 338 g/mol. The van der Waals surface area contributed by atoms with Gasteiger partial charge in [0.15, 0.2) is 6.54 Å². The van der Waals surface area contributed by atoms with E-state index in [0.29, 0.717) is 17.5 Å². The summed E-state index contributed by atoms with van der Waals surface area (Å²) in [7, 11) is 0. The van der Waals surface area contributed by atoms with Gasteiger partial charge in [-0.1, -0.05) is 37.6 Å². The van der Waals surface area contributed by atoms with Crippen molar-refractivity contribution in [2.75, 3.05) is 13.1 Å². The van der Waals surface area contributed by atoms with E-state index in [1.54, 1.807) is 11.3 Å². The zero-order valence-electron chi connectivity index (χ0n) is 14.4. The highest BCUT2D eigenvalue weighted by molar-refractivity contribution is 6.30. The van der Waals surface area contributed by atoms with E-state index in [1.807, 2.05) is 47.8 Å². The molecular formula is C19H23ClN3O2+. The Bertz CT molecular complexity index is 739. The number of nitrogens with zero attached hydrogens (tertiary/aromatic N) is 1. The Labute approximate surface area is 152 Å². The lowest BCUT2D eigenvalue weighted by molar-refractivity contribution is -0.649. The number of carbonyl (C=O) groups excluding carboxylic acids is 1. The van der Waals surface area contributed by atoms with E-state index in [4.69, 9.17) is 16.0 Å². The van der Waals surface area contributed by atoms with Gasteiger partial charge in [0.05, 0.1) is 18.5 Å². The van der Waals surface area contributed by atoms with Crippen LogP contribution in [0, 0.1) is 5.92 Å². The number of nitrogens with one attached hydrogen (secondary N) is 1. The molecule has 0 saturated heterocycles. The summed E-state index contributed by atoms with van der Waals surface area (Å²) in [6.07, 6.45) is 3.62. The van der Waals surface area contributed by atoms with Gasteiger partial charge in [-0.15, -0.1) is 0 Å². The van der Waals surface area contributed by atoms with E-state index in [9.17, 15) is 4.79 Å². The van der Waals surface area contributed by atoms with Gasteiger partial charge in [-0.3, -0.25) is 10.2 Å². The minimum absolute atomic E-state index is 0.0160. The van der Waals surface area contributed by atoms with Crippen LogP contribution in [0.15, 0.2) is 53.2 Å². The molecule has 0 aliphatic carbocycles. The Hall–Kier alpha value is -2.24. The number of amides is 1. The second kappa shape index (κ2) is 7.76. The van der Waals surface area contributed by atoms with Crippen LogP contribution in [0.4, 0.5) is 0 Å². The van der Waals surface area contributed by atoms with Crippen LogP contribution >= 0.6 is 11.6 Å². The smallest absolute Gasteiger partial charge is 0.296 e. The number of nitrogens with two attached hydrogens (primary N) is 1. The Morgan fingerprint density at radius 2 is 2.08 bits per heavy atom. The fourth-order valence-electron chi connectivity index (χ4n) is 2.78. The summed E-state index contributed by atoms with van der Waals surface area (Å²) in [4.78, 5) is 12.7. The zero-order chi connectivity index (χ0) is 17.8. The van der Waals surface area contributed by atoms with Crippen molar-refractivity contribution >= 4 is 23.2 Å². The summed E-state index contributed by atoms with van der Waals surface area (Å²) in [6.45, 7) is 5.59. The van der Waals surface area contributed by atoms with Crippen LogP contribution < -0.4 is 10.7 Å². The molecule has 0 unspecified atom stereocenters. The van der Waals surface area contributed by atoms with Crippen molar-refractivity contribution in [3.05, 3.63) is 65.1 Å². The van der Waals surface area contributed by atoms with Crippen LogP contribution in [0.25, 0.3) is 5.70 Å². The topological polar surface area (TPSA) is 62.1 Å². The fourth-order valence-corrected chi connectivity index (χ4v) is 2.91. The Kier molecular flexibility index (Phi) is 5.46. The maximum absolute atomic E-state index is 12.7. The quantitative estimate of drug-likeness (QED) is 0.832. The number of hydrazine groups is 1. The van der Waals surface area contributed by atoms with E-state index in [0.717, 1.165) is 23.6 Å². The third-order valence-corrected chi connectivity index (χ3v) is 4.31. The number of carbonyl (C=O) groups is 1. The zero-order valence-corrected chi connectivity index (χ0v) is 15.2. The molecule has 0 bridgehead atoms. The van der Waals surface area contributed by atoms with Gasteiger partial charge in [0, 0.05) is 10.9 Å². The number of benzene rings is 1. The molecule has 25 heavy (non-hydrogen) atoms. The summed E-state index contributed by atoms with van der Waals surface area (Å²) in [5.41, 5.74) is 5.07. The second-order valence-electron chi connectivity index (χ2n) is 6.55. The van der Waals surface area contributed by atoms with Crippen LogP contribution in [0.1, 0.15) is 31.2 Å². The highest BCUT2D eigenvalue weighted by atomic mass is 35.5. The molecule has 3 N–H and O–H groups in total. The van der Waals surface area contributed by atoms with Crippen molar-refractivity contribution in [1.82, 2.24) is 10.4 Å². The van der Waals surface area contributed by atoms with E-state index in [1.165, 1.54) is 0 Å². The largest absolute Gasteiger partial charge is 0.467 e. The van der Waals surface area contributed by atoms with Gasteiger partial charge >= 0.3 is 0 Å². The third kappa shape index (κ3) is 4.24. The monoisotopic (exact) mass is 360 g/mol. The number of halogens is 1. The van der Waals surface area contributed by atoms with Gasteiger partial charge in [-0.25, -0.2) is 5.01 Å². The molecule has 3 rings (SSSR count). The van der Waals surface area contributed by atoms with Crippen molar-refractivity contribution in [2.24, 2.45) is 5.92 Å². The first-order chi connectivity index (χ1) is 12.0. The lowest BCUT2D eigenvalue weighted by atomic mass is 10.1. The minimum Gasteiger partial charge on any atom is -0.467 e. The highest BCUT2D eigenvalue weighted by Crippen LogP contribution is 2.31. The van der Waals surface area contributed by atoms with Crippen molar-refractivity contribution in [3.63, 3.8) is 0 Å². The Balaban J connectivity index is 1.78. The van der Waals surface area contributed by atoms with Crippen LogP contribution in [-0.2, 0) is 4.79 Å². The average molecular weight is 361 g/mol. The molecule has 1 amide bonds. The van der Waals surface area contributed by atoms with Gasteiger partial charge in [-0.05, 0) is 35.9 Å². The number of furan rings is 1. The van der Waals surface area contributed by atoms with Gasteiger partial charge in [0.2, 0.25) is 0 Å². The van der Waals surface area contributed by atoms with Gasteiger partial charge in [0.1, 0.15) is 11.8 Å². The molecule has 0 fully saturated rings. The maximum atomic E-state index is 12.7. The van der Waals surface area contributed by atoms with E-state index in [2.05, 4.69) is 19.3 Å². The first-order valence-corrected chi connectivity index (χ1v) is 8.84. The second-order valence-corrected chi connectivity index (χ2v) is 6.98. The van der Waals surface area contributed by atoms with Crippen molar-refractivity contribution in [3.8, 4) is 0 Å². The maximum Gasteiger partial charge on any atom is 0.296 e. The summed E-state index contributed by atoms with van der Waals surface area (Å²) in [5.74, 6) is 1.29. The predicted octanol–water partition coefficient (Wildman–Crippen LogP) is 2.58. The minimum atomic E-state index is -0.263. The summed E-state index contributed by atoms with van der Waals surface area (Å²) in [5, 5.41) is 4.36. The van der Waals surface area contributed by atoms with E-state index in [-0.39, 0.29) is 11.9 Å². The van der Waals surface area contributed by atoms with Gasteiger partial charge in [-0.2, -0.15) is 0 Å². The molecule has 2 aromatic rings. The molecule has 1 atom stereocenters. The standard InChI is InChI=1S/C19H22ClN3O2/c1-13(2)11-21-12-19(24)23-17(18-4-3-9-25-18)10-16(22-23)14-5-7-15(20)8-6-14/h3-10,13,17,21-22H,11-12H2,1-2H3/p+1/t17-/m0/s1. The van der Waals surface area contributed by atoms with Crippen LogP contribution in [0.3, 0.4) is 0 Å². The Morgan fingerprint density at radius 3 is 2.72 bits per heavy atom. The number of hydrogen-bond donors (Lipinski definition) is 2. The number of quaternary nitrogens is 1. The summed E-state index contributed by atoms with van der Waals surface area (Å²) in [6, 6.07) is 11.0. The van der Waals surface area contributed by atoms with Crippen LogP contribution in [0.5, 0.6) is 0 Å². The van der Waals surface area contributed by atoms with Gasteiger partial charge < -0.3 is 9.73 Å². The van der Waals surface area contributed by atoms with Crippen molar-refractivity contribution in [2.45, 2.75) is 19.9 Å². The molecule has 132 valence electrons.